The molecule has 4 nitrogen and oxygen atoms in total. The highest BCUT2D eigenvalue weighted by Crippen LogP contribution is 2.36. The SMILES string of the molecule is C[C@@H](c1ccccc1Cl)N(CC(=O)NCCC#N)C1CC1. The normalized spacial score (nSPS) is 15.5. The van der Waals surface area contributed by atoms with Crippen LogP contribution in [0.5, 0.6) is 0 Å². The van der Waals surface area contributed by atoms with Crippen molar-refractivity contribution in [3.8, 4) is 6.07 Å². The van der Waals surface area contributed by atoms with E-state index in [0.29, 0.717) is 25.6 Å². The Labute approximate surface area is 130 Å². The number of benzene rings is 1. The summed E-state index contributed by atoms with van der Waals surface area (Å²) in [4.78, 5) is 14.2. The molecular weight excluding hydrogens is 286 g/mol. The number of amides is 1. The van der Waals surface area contributed by atoms with Gasteiger partial charge in [-0.3, -0.25) is 9.69 Å². The van der Waals surface area contributed by atoms with E-state index in [9.17, 15) is 4.79 Å². The summed E-state index contributed by atoms with van der Waals surface area (Å²) in [6.07, 6.45) is 2.59. The van der Waals surface area contributed by atoms with E-state index in [4.69, 9.17) is 16.9 Å². The summed E-state index contributed by atoms with van der Waals surface area (Å²) in [5.41, 5.74) is 1.05. The van der Waals surface area contributed by atoms with E-state index < -0.39 is 0 Å². The third kappa shape index (κ3) is 4.45. The number of hydrogen-bond donors (Lipinski definition) is 1. The molecule has 1 aromatic carbocycles. The lowest BCUT2D eigenvalue weighted by atomic mass is 10.1. The molecule has 0 saturated heterocycles. The van der Waals surface area contributed by atoms with Gasteiger partial charge in [-0.05, 0) is 31.4 Å². The number of nitrogens with one attached hydrogen (secondary N) is 1. The molecule has 0 radical (unpaired) electrons. The molecule has 2 rings (SSSR count). The zero-order valence-corrected chi connectivity index (χ0v) is 12.9. The van der Waals surface area contributed by atoms with Gasteiger partial charge in [-0.25, -0.2) is 0 Å². The van der Waals surface area contributed by atoms with Gasteiger partial charge in [-0.2, -0.15) is 5.26 Å². The molecule has 5 heteroatoms. The zero-order chi connectivity index (χ0) is 15.2. The van der Waals surface area contributed by atoms with E-state index in [0.717, 1.165) is 23.4 Å². The second kappa shape index (κ2) is 7.44. The van der Waals surface area contributed by atoms with Crippen molar-refractivity contribution in [2.45, 2.75) is 38.3 Å². The number of nitrogens with zero attached hydrogens (tertiary/aromatic N) is 2. The Morgan fingerprint density at radius 3 is 2.86 bits per heavy atom. The van der Waals surface area contributed by atoms with Gasteiger partial charge in [0, 0.05) is 23.7 Å². The highest BCUT2D eigenvalue weighted by atomic mass is 35.5. The summed E-state index contributed by atoms with van der Waals surface area (Å²) in [5, 5.41) is 12.0. The molecule has 1 N–H and O–H groups in total. The maximum atomic E-state index is 12.0. The van der Waals surface area contributed by atoms with Crippen LogP contribution in [0.4, 0.5) is 0 Å². The van der Waals surface area contributed by atoms with Crippen molar-refractivity contribution in [3.63, 3.8) is 0 Å². The van der Waals surface area contributed by atoms with Crippen LogP contribution in [0.3, 0.4) is 0 Å². The van der Waals surface area contributed by atoms with Crippen LogP contribution in [0, 0.1) is 11.3 Å². The second-order valence-corrected chi connectivity index (χ2v) is 5.77. The lowest BCUT2D eigenvalue weighted by molar-refractivity contribution is -0.122. The van der Waals surface area contributed by atoms with E-state index in [1.165, 1.54) is 0 Å². The van der Waals surface area contributed by atoms with Crippen molar-refractivity contribution in [3.05, 3.63) is 34.9 Å². The predicted octanol–water partition coefficient (Wildman–Crippen LogP) is 2.90. The largest absolute Gasteiger partial charge is 0.354 e. The maximum Gasteiger partial charge on any atom is 0.234 e. The fourth-order valence-electron chi connectivity index (χ4n) is 2.46. The van der Waals surface area contributed by atoms with Crippen molar-refractivity contribution >= 4 is 17.5 Å². The molecule has 0 heterocycles. The van der Waals surface area contributed by atoms with Crippen LogP contribution in [-0.4, -0.2) is 29.9 Å². The van der Waals surface area contributed by atoms with E-state index in [2.05, 4.69) is 17.1 Å². The van der Waals surface area contributed by atoms with Crippen molar-refractivity contribution in [1.29, 1.82) is 5.26 Å². The fourth-order valence-corrected chi connectivity index (χ4v) is 2.75. The van der Waals surface area contributed by atoms with Gasteiger partial charge in [0.1, 0.15) is 0 Å². The molecule has 1 atom stereocenters. The van der Waals surface area contributed by atoms with Crippen LogP contribution in [-0.2, 0) is 4.79 Å². The average Bonchev–Trinajstić information content (AvgIpc) is 3.29. The molecule has 0 spiro atoms. The molecule has 1 aromatic rings. The van der Waals surface area contributed by atoms with E-state index in [1.54, 1.807) is 0 Å². The van der Waals surface area contributed by atoms with Gasteiger partial charge in [-0.15, -0.1) is 0 Å². The van der Waals surface area contributed by atoms with Gasteiger partial charge < -0.3 is 5.32 Å². The summed E-state index contributed by atoms with van der Waals surface area (Å²) in [6.45, 7) is 2.85. The standard InChI is InChI=1S/C16H20ClN3O/c1-12(14-5-2-3-6-15(14)17)20(13-7-8-13)11-16(21)19-10-4-9-18/h2-3,5-6,12-13H,4,7-8,10-11H2,1H3,(H,19,21)/t12-/m0/s1. The number of carbonyl (C=O) groups excluding carboxylic acids is 1. The van der Waals surface area contributed by atoms with Gasteiger partial charge in [0.2, 0.25) is 5.91 Å². The van der Waals surface area contributed by atoms with Crippen LogP contribution in [0.15, 0.2) is 24.3 Å². The van der Waals surface area contributed by atoms with Crippen molar-refractivity contribution in [1.82, 2.24) is 10.2 Å². The van der Waals surface area contributed by atoms with Crippen LogP contribution in [0.1, 0.15) is 37.8 Å². The molecule has 1 amide bonds. The van der Waals surface area contributed by atoms with Crippen molar-refractivity contribution in [2.24, 2.45) is 0 Å². The van der Waals surface area contributed by atoms with Gasteiger partial charge in [-0.1, -0.05) is 29.8 Å². The first kappa shape index (κ1) is 15.8. The zero-order valence-electron chi connectivity index (χ0n) is 12.2. The first-order chi connectivity index (χ1) is 10.1. The number of hydrogen-bond acceptors (Lipinski definition) is 3. The van der Waals surface area contributed by atoms with Gasteiger partial charge in [0.25, 0.3) is 0 Å². The quantitative estimate of drug-likeness (QED) is 0.788. The summed E-state index contributed by atoms with van der Waals surface area (Å²) < 4.78 is 0. The van der Waals surface area contributed by atoms with Crippen LogP contribution in [0.25, 0.3) is 0 Å². The van der Waals surface area contributed by atoms with Gasteiger partial charge in [0.15, 0.2) is 0 Å². The van der Waals surface area contributed by atoms with E-state index >= 15 is 0 Å². The third-order valence-corrected chi connectivity index (χ3v) is 4.10. The summed E-state index contributed by atoms with van der Waals surface area (Å²) in [5.74, 6) is -0.0314. The smallest absolute Gasteiger partial charge is 0.234 e. The highest BCUT2D eigenvalue weighted by molar-refractivity contribution is 6.31. The minimum absolute atomic E-state index is 0.0314. The van der Waals surface area contributed by atoms with E-state index in [-0.39, 0.29) is 11.9 Å². The molecule has 0 aromatic heterocycles. The number of rotatable bonds is 7. The van der Waals surface area contributed by atoms with Gasteiger partial charge >= 0.3 is 0 Å². The number of nitriles is 1. The Bertz CT molecular complexity index is 537. The summed E-state index contributed by atoms with van der Waals surface area (Å²) in [7, 11) is 0. The Morgan fingerprint density at radius 1 is 1.52 bits per heavy atom. The topological polar surface area (TPSA) is 56.1 Å². The highest BCUT2D eigenvalue weighted by Gasteiger charge is 2.34. The summed E-state index contributed by atoms with van der Waals surface area (Å²) >= 11 is 6.26. The second-order valence-electron chi connectivity index (χ2n) is 5.36. The Balaban J connectivity index is 2.01. The molecule has 1 aliphatic rings. The Hall–Kier alpha value is -1.57. The first-order valence-corrected chi connectivity index (χ1v) is 7.65. The third-order valence-electron chi connectivity index (χ3n) is 3.75. The van der Waals surface area contributed by atoms with Crippen LogP contribution in [0.2, 0.25) is 5.02 Å². The molecule has 0 aliphatic heterocycles. The van der Waals surface area contributed by atoms with Crippen molar-refractivity contribution in [2.75, 3.05) is 13.1 Å². The lowest BCUT2D eigenvalue weighted by Crippen LogP contribution is -2.40. The molecule has 1 fully saturated rings. The lowest BCUT2D eigenvalue weighted by Gasteiger charge is -2.29. The monoisotopic (exact) mass is 305 g/mol. The minimum atomic E-state index is -0.0314. The molecule has 21 heavy (non-hydrogen) atoms. The molecule has 0 unspecified atom stereocenters. The maximum absolute atomic E-state index is 12.0. The molecular formula is C16H20ClN3O. The van der Waals surface area contributed by atoms with Crippen LogP contribution < -0.4 is 5.32 Å². The summed E-state index contributed by atoms with van der Waals surface area (Å²) in [6, 6.07) is 10.4. The molecule has 1 saturated carbocycles. The number of halogens is 1. The molecule has 1 aliphatic carbocycles. The van der Waals surface area contributed by atoms with Crippen molar-refractivity contribution < 1.29 is 4.79 Å². The first-order valence-electron chi connectivity index (χ1n) is 7.27. The minimum Gasteiger partial charge on any atom is -0.354 e. The Morgan fingerprint density at radius 2 is 2.24 bits per heavy atom. The average molecular weight is 306 g/mol. The van der Waals surface area contributed by atoms with Gasteiger partial charge in [0.05, 0.1) is 19.0 Å². The molecule has 112 valence electrons. The fraction of sp³-hybridized carbons (Fsp3) is 0.500. The van der Waals surface area contributed by atoms with E-state index in [1.807, 2.05) is 30.3 Å². The predicted molar refractivity (Wildman–Crippen MR) is 82.8 cm³/mol. The number of carbonyl (C=O) groups is 1. The Kier molecular flexibility index (Phi) is 5.60. The van der Waals surface area contributed by atoms with Crippen LogP contribution >= 0.6 is 11.6 Å². The molecule has 0 bridgehead atoms.